The van der Waals surface area contributed by atoms with Gasteiger partial charge in [-0.1, -0.05) is 11.6 Å². The molecule has 2 aromatic rings. The summed E-state index contributed by atoms with van der Waals surface area (Å²) in [5, 5.41) is 9.59. The van der Waals surface area contributed by atoms with Crippen molar-refractivity contribution in [3.8, 4) is 17.0 Å². The van der Waals surface area contributed by atoms with Gasteiger partial charge in [0.25, 0.3) is 0 Å². The number of aromatic nitrogens is 2. The van der Waals surface area contributed by atoms with Gasteiger partial charge in [0.2, 0.25) is 0 Å². The fourth-order valence-electron chi connectivity index (χ4n) is 2.25. The number of imidazole rings is 1. The topological polar surface area (TPSA) is 64.3 Å². The molecule has 0 unspecified atom stereocenters. The summed E-state index contributed by atoms with van der Waals surface area (Å²) in [5.41, 5.74) is 2.18. The van der Waals surface area contributed by atoms with E-state index in [0.717, 1.165) is 5.69 Å². The third kappa shape index (κ3) is 1.77. The zero-order chi connectivity index (χ0) is 13.6. The van der Waals surface area contributed by atoms with E-state index < -0.39 is 5.97 Å². The van der Waals surface area contributed by atoms with Crippen LogP contribution >= 0.6 is 11.6 Å². The lowest BCUT2D eigenvalue weighted by Crippen LogP contribution is -2.05. The number of aromatic carboxylic acids is 1. The molecule has 0 atom stereocenters. The molecule has 0 aliphatic carbocycles. The van der Waals surface area contributed by atoms with Crippen LogP contribution in [0, 0.1) is 6.92 Å². The SMILES string of the molecule is Cc1c(C(=O)O)cc2c(c1Cl)OCCn1cncc1-2. The van der Waals surface area contributed by atoms with Gasteiger partial charge in [0.15, 0.2) is 0 Å². The fourth-order valence-corrected chi connectivity index (χ4v) is 2.51. The number of nitrogens with zero attached hydrogens (tertiary/aromatic N) is 2. The minimum Gasteiger partial charge on any atom is -0.489 e. The van der Waals surface area contributed by atoms with Crippen LogP contribution in [0.3, 0.4) is 0 Å². The number of carbonyl (C=O) groups is 1. The third-order valence-electron chi connectivity index (χ3n) is 3.26. The second-order valence-electron chi connectivity index (χ2n) is 4.37. The highest BCUT2D eigenvalue weighted by Crippen LogP contribution is 2.41. The number of carboxylic acid groups (broad SMARTS) is 1. The summed E-state index contributed by atoms with van der Waals surface area (Å²) in [4.78, 5) is 15.4. The Morgan fingerprint density at radius 1 is 1.58 bits per heavy atom. The van der Waals surface area contributed by atoms with Crippen LogP contribution in [-0.2, 0) is 6.54 Å². The van der Waals surface area contributed by atoms with Crippen LogP contribution in [-0.4, -0.2) is 27.2 Å². The molecule has 98 valence electrons. The van der Waals surface area contributed by atoms with E-state index in [9.17, 15) is 9.90 Å². The van der Waals surface area contributed by atoms with Crippen LogP contribution < -0.4 is 4.74 Å². The molecule has 0 amide bonds. The molecule has 19 heavy (non-hydrogen) atoms. The van der Waals surface area contributed by atoms with Gasteiger partial charge in [-0.2, -0.15) is 0 Å². The number of ether oxygens (including phenoxy) is 1. The van der Waals surface area contributed by atoms with Gasteiger partial charge in [0, 0.05) is 5.56 Å². The van der Waals surface area contributed by atoms with Crippen molar-refractivity contribution in [2.24, 2.45) is 0 Å². The highest BCUT2D eigenvalue weighted by molar-refractivity contribution is 6.34. The number of hydrogen-bond acceptors (Lipinski definition) is 3. The van der Waals surface area contributed by atoms with E-state index in [2.05, 4.69) is 4.98 Å². The van der Waals surface area contributed by atoms with Crippen molar-refractivity contribution in [2.75, 3.05) is 6.61 Å². The average molecular weight is 279 g/mol. The van der Waals surface area contributed by atoms with Crippen molar-refractivity contribution in [1.29, 1.82) is 0 Å². The molecule has 0 radical (unpaired) electrons. The van der Waals surface area contributed by atoms with Crippen molar-refractivity contribution in [2.45, 2.75) is 13.5 Å². The number of hydrogen-bond donors (Lipinski definition) is 1. The molecule has 0 fully saturated rings. The molecule has 1 N–H and O–H groups in total. The minimum atomic E-state index is -1.00. The molecule has 3 rings (SSSR count). The summed E-state index contributed by atoms with van der Waals surface area (Å²) >= 11 is 6.25. The molecule has 5 nitrogen and oxygen atoms in total. The quantitative estimate of drug-likeness (QED) is 0.871. The molecular weight excluding hydrogens is 268 g/mol. The highest BCUT2D eigenvalue weighted by atomic mass is 35.5. The van der Waals surface area contributed by atoms with E-state index in [-0.39, 0.29) is 5.56 Å². The Labute approximate surface area is 114 Å². The Hall–Kier alpha value is -2.01. The lowest BCUT2D eigenvalue weighted by atomic mass is 10.0. The van der Waals surface area contributed by atoms with Crippen molar-refractivity contribution in [3.63, 3.8) is 0 Å². The summed E-state index contributed by atoms with van der Waals surface area (Å²) in [5.74, 6) is -0.471. The monoisotopic (exact) mass is 278 g/mol. The molecule has 0 saturated heterocycles. The summed E-state index contributed by atoms with van der Waals surface area (Å²) < 4.78 is 7.58. The molecular formula is C13H11ClN2O3. The standard InChI is InChI=1S/C13H11ClN2O3/c1-7-8(13(17)18)4-9-10-5-15-6-16(10)2-3-19-12(9)11(7)14/h4-6H,2-3H2,1H3,(H,17,18). The van der Waals surface area contributed by atoms with Gasteiger partial charge in [0.1, 0.15) is 12.4 Å². The summed E-state index contributed by atoms with van der Waals surface area (Å²) in [6.45, 7) is 2.81. The maximum atomic E-state index is 11.3. The second-order valence-corrected chi connectivity index (χ2v) is 4.74. The van der Waals surface area contributed by atoms with E-state index in [0.29, 0.717) is 35.1 Å². The first-order valence-corrected chi connectivity index (χ1v) is 6.17. The molecule has 1 aliphatic rings. The van der Waals surface area contributed by atoms with E-state index in [1.165, 1.54) is 0 Å². The van der Waals surface area contributed by atoms with Gasteiger partial charge in [-0.15, -0.1) is 0 Å². The van der Waals surface area contributed by atoms with Crippen LogP contribution in [0.4, 0.5) is 0 Å². The Morgan fingerprint density at radius 2 is 2.37 bits per heavy atom. The van der Waals surface area contributed by atoms with E-state index >= 15 is 0 Å². The zero-order valence-electron chi connectivity index (χ0n) is 10.2. The smallest absolute Gasteiger partial charge is 0.336 e. The Bertz CT molecular complexity index is 679. The van der Waals surface area contributed by atoms with Crippen LogP contribution in [0.5, 0.6) is 5.75 Å². The maximum Gasteiger partial charge on any atom is 0.336 e. The molecule has 1 aromatic carbocycles. The third-order valence-corrected chi connectivity index (χ3v) is 3.72. The summed E-state index contributed by atoms with van der Waals surface area (Å²) in [7, 11) is 0. The molecule has 0 saturated carbocycles. The van der Waals surface area contributed by atoms with Gasteiger partial charge in [-0.3, -0.25) is 0 Å². The van der Waals surface area contributed by atoms with E-state index in [1.807, 2.05) is 4.57 Å². The molecule has 1 aromatic heterocycles. The van der Waals surface area contributed by atoms with Crippen molar-refractivity contribution in [3.05, 3.63) is 34.7 Å². The highest BCUT2D eigenvalue weighted by Gasteiger charge is 2.23. The molecule has 2 heterocycles. The van der Waals surface area contributed by atoms with Gasteiger partial charge in [0.05, 0.1) is 35.3 Å². The largest absolute Gasteiger partial charge is 0.489 e. The number of rotatable bonds is 1. The van der Waals surface area contributed by atoms with Gasteiger partial charge >= 0.3 is 5.97 Å². The van der Waals surface area contributed by atoms with E-state index in [1.54, 1.807) is 25.5 Å². The van der Waals surface area contributed by atoms with Crippen molar-refractivity contribution < 1.29 is 14.6 Å². The predicted molar refractivity (Wildman–Crippen MR) is 69.9 cm³/mol. The minimum absolute atomic E-state index is 0.182. The first kappa shape index (κ1) is 12.0. The lowest BCUT2D eigenvalue weighted by Gasteiger charge is -2.13. The predicted octanol–water partition coefficient (Wildman–Crippen LogP) is 2.60. The molecule has 0 bridgehead atoms. The lowest BCUT2D eigenvalue weighted by molar-refractivity contribution is 0.0696. The first-order chi connectivity index (χ1) is 9.09. The van der Waals surface area contributed by atoms with Gasteiger partial charge < -0.3 is 14.4 Å². The van der Waals surface area contributed by atoms with Gasteiger partial charge in [-0.05, 0) is 18.6 Å². The normalized spacial score (nSPS) is 13.2. The molecule has 6 heteroatoms. The first-order valence-electron chi connectivity index (χ1n) is 5.79. The Balaban J connectivity index is 2.34. The van der Waals surface area contributed by atoms with Crippen molar-refractivity contribution in [1.82, 2.24) is 9.55 Å². The Kier molecular flexibility index (Phi) is 2.71. The van der Waals surface area contributed by atoms with Gasteiger partial charge in [-0.25, -0.2) is 9.78 Å². The van der Waals surface area contributed by atoms with Crippen LogP contribution in [0.15, 0.2) is 18.6 Å². The fraction of sp³-hybridized carbons (Fsp3) is 0.231. The van der Waals surface area contributed by atoms with Crippen molar-refractivity contribution >= 4 is 17.6 Å². The zero-order valence-corrected chi connectivity index (χ0v) is 10.9. The number of benzene rings is 1. The number of fused-ring (bicyclic) bond motifs is 3. The summed E-state index contributed by atoms with van der Waals surface area (Å²) in [6.07, 6.45) is 3.38. The Morgan fingerprint density at radius 3 is 3.11 bits per heavy atom. The molecule has 1 aliphatic heterocycles. The summed E-state index contributed by atoms with van der Waals surface area (Å²) in [6, 6.07) is 1.59. The van der Waals surface area contributed by atoms with Crippen LogP contribution in [0.1, 0.15) is 15.9 Å². The average Bonchev–Trinajstić information content (AvgIpc) is 2.76. The number of carboxylic acids is 1. The second kappa shape index (κ2) is 4.28. The van der Waals surface area contributed by atoms with E-state index in [4.69, 9.17) is 16.3 Å². The van der Waals surface area contributed by atoms with Crippen LogP contribution in [0.2, 0.25) is 5.02 Å². The number of halogens is 1. The molecule has 0 spiro atoms. The van der Waals surface area contributed by atoms with Crippen LogP contribution in [0.25, 0.3) is 11.3 Å². The maximum absolute atomic E-state index is 11.3.